The number of primary amides is 1. The molecule has 0 aliphatic heterocycles. The lowest BCUT2D eigenvalue weighted by Gasteiger charge is -2.28. The van der Waals surface area contributed by atoms with E-state index in [1.54, 1.807) is 105 Å². The maximum Gasteiger partial charge on any atom is 0.328 e. The zero-order valence-corrected chi connectivity index (χ0v) is 61.5. The van der Waals surface area contributed by atoms with E-state index in [4.69, 9.17) is 5.73 Å². The molecule has 0 bridgehead atoms. The van der Waals surface area contributed by atoms with Gasteiger partial charge in [-0.15, -0.1) is 0 Å². The maximum atomic E-state index is 15.4. The number of H-pyrrole nitrogens is 3. The molecule has 0 aliphatic rings. The third-order valence-corrected chi connectivity index (χ3v) is 17.7. The van der Waals surface area contributed by atoms with E-state index in [2.05, 4.69) is 78.8 Å². The molecule has 12 amide bonds. The summed E-state index contributed by atoms with van der Waals surface area (Å²) in [7, 11) is 0. The van der Waals surface area contributed by atoms with Crippen molar-refractivity contribution in [1.82, 2.24) is 78.4 Å². The van der Waals surface area contributed by atoms with Crippen molar-refractivity contribution in [1.29, 1.82) is 0 Å². The second kappa shape index (κ2) is 41.5. The van der Waals surface area contributed by atoms with Crippen LogP contribution in [0.2, 0.25) is 0 Å². The Morgan fingerprint density at radius 1 is 0.440 bits per heavy atom. The number of nitrogens with two attached hydrogens (primary N) is 1. The number of carbonyl (C=O) groups is 14. The SMILES string of the molecule is CC(C)C[C@H](NC(=O)[C@H](CCC(N)=O)NC(=O)[C@H](C)NC(=O)[C@H](Cc1c[nH]c2ccccc12)NC(=O)[C@H](Cc1c[nH]c2ccccc12)NC(=O)[C@H](Cc1c[nH]cn1)NC(=O)[C@H](CCC(=O)O)NC(=O)[C@H](Cc1ccccc1)NC(=O)[C@@H](NC(=O)[C@@H]([NH3+])CC(C)C)[C@@H](C)O)C(=O)N[C@H](C(=O)N[C@@H](CO)C(=O)O)[C@@H](C)O. The number of carboxylic acids is 2. The molecule has 6 aromatic rings. The van der Waals surface area contributed by atoms with Gasteiger partial charge >= 0.3 is 11.9 Å². The highest BCUT2D eigenvalue weighted by molar-refractivity contribution is 6.00. The number of fused-ring (bicyclic) bond motifs is 2. The van der Waals surface area contributed by atoms with Crippen LogP contribution in [-0.2, 0) is 92.8 Å². The number of hydrogen-bond acceptors (Lipinski definition) is 18. The molecule has 6 rings (SSSR count). The Morgan fingerprint density at radius 3 is 1.30 bits per heavy atom. The quantitative estimate of drug-likeness (QED) is 0.0178. The molecular weight excluding hydrogens is 1420 g/mol. The molecule has 14 atom stereocenters. The number of aliphatic carboxylic acids is 2. The topological polar surface area (TPSA) is 586 Å². The summed E-state index contributed by atoms with van der Waals surface area (Å²) >= 11 is 0. The number of nitrogens with zero attached hydrogens (tertiary/aromatic N) is 1. The Bertz CT molecular complexity index is 4140. The van der Waals surface area contributed by atoms with E-state index in [0.717, 1.165) is 6.92 Å². The molecule has 24 N–H and O–H groups in total. The standard InChI is InChI=1S/C73H99N17O19/c1-36(2)25-47(74)63(98)89-60(39(6)92)71(106)87-53(27-41-15-9-8-10-16-41)67(102)82-51(22-24-59(95)96)65(100)86-56(30-44-33-76-35-79-44)69(104)85-55(29-43-32-78-49-20-14-12-18-46(43)49)68(103)84-54(28-42-31-77-48-19-13-11-17-45(42)48)66(101)80-38(5)62(97)81-50(21-23-58(75)94)64(99)83-52(26-37(3)4)70(105)90-61(40(7)93)72(107)88-57(34-91)73(108)109/h8-20,31-33,35-40,47,50-57,60-61,77-78,91-93H,21-30,34,74H2,1-7H3,(H2,75,94)(H,76,79)(H,80,101)(H,81,97)(H,82,102)(H,83,99)(H,84,103)(H,85,104)(H,86,100)(H,87,106)(H,88,107)(H,89,98)(H,90,105)(H,95,96)(H,108,109)/p+1/t38-,39+,40+,47-,50-,51-,52-,53-,54-,55-,56-,57-,60-,61-/m0/s1. The highest BCUT2D eigenvalue weighted by Crippen LogP contribution is 2.23. The van der Waals surface area contributed by atoms with Crippen LogP contribution in [-0.4, -0.2) is 220 Å². The minimum atomic E-state index is -1.81. The van der Waals surface area contributed by atoms with Crippen molar-refractivity contribution in [3.05, 3.63) is 126 Å². The van der Waals surface area contributed by atoms with E-state index in [9.17, 15) is 83.1 Å². The van der Waals surface area contributed by atoms with Gasteiger partial charge in [0, 0.05) is 85.3 Å². The van der Waals surface area contributed by atoms with Crippen LogP contribution in [0.25, 0.3) is 21.8 Å². The molecule has 0 unspecified atom stereocenters. The molecule has 36 nitrogen and oxygen atoms in total. The number of amides is 12. The van der Waals surface area contributed by atoms with E-state index in [0.29, 0.717) is 44.9 Å². The van der Waals surface area contributed by atoms with Crippen LogP contribution in [0.4, 0.5) is 0 Å². The number of carbonyl (C=O) groups excluding carboxylic acids is 12. The predicted octanol–water partition coefficient (Wildman–Crippen LogP) is -3.33. The van der Waals surface area contributed by atoms with Gasteiger partial charge in [-0.3, -0.25) is 62.3 Å². The van der Waals surface area contributed by atoms with Gasteiger partial charge in [0.15, 0.2) is 6.04 Å². The van der Waals surface area contributed by atoms with Gasteiger partial charge in [0.1, 0.15) is 66.5 Å². The zero-order valence-electron chi connectivity index (χ0n) is 61.5. The first-order chi connectivity index (χ1) is 51.6. The predicted molar refractivity (Wildman–Crippen MR) is 392 cm³/mol. The minimum absolute atomic E-state index is 0.0473. The second-order valence-electron chi connectivity index (χ2n) is 27.7. The van der Waals surface area contributed by atoms with Crippen molar-refractivity contribution >= 4 is 105 Å². The fraction of sp³-hybridized carbons (Fsp3) is 0.466. The summed E-state index contributed by atoms with van der Waals surface area (Å²) in [6.07, 6.45) is -0.460. The van der Waals surface area contributed by atoms with Crippen molar-refractivity contribution in [2.45, 2.75) is 197 Å². The van der Waals surface area contributed by atoms with Gasteiger partial charge in [0.2, 0.25) is 65.0 Å². The third kappa shape index (κ3) is 26.7. The Hall–Kier alpha value is -11.6. The number of quaternary nitrogens is 1. The van der Waals surface area contributed by atoms with Crippen LogP contribution >= 0.6 is 0 Å². The summed E-state index contributed by atoms with van der Waals surface area (Å²) in [5.74, 6) is -15.3. The van der Waals surface area contributed by atoms with E-state index in [-0.39, 0.29) is 43.2 Å². The Balaban J connectivity index is 1.30. The number of aliphatic hydroxyl groups excluding tert-OH is 3. The third-order valence-electron chi connectivity index (χ3n) is 17.7. The number of hydrogen-bond donors (Lipinski definition) is 21. The summed E-state index contributed by atoms with van der Waals surface area (Å²) in [6, 6.07) is 3.33. The van der Waals surface area contributed by atoms with Gasteiger partial charge < -0.3 is 110 Å². The fourth-order valence-electron chi connectivity index (χ4n) is 11.9. The second-order valence-corrected chi connectivity index (χ2v) is 27.7. The number of aromatic nitrogens is 4. The Morgan fingerprint density at radius 2 is 0.844 bits per heavy atom. The number of benzene rings is 3. The molecule has 0 spiro atoms. The fourth-order valence-corrected chi connectivity index (χ4v) is 11.9. The number of nitrogens with one attached hydrogen (secondary N) is 14. The normalized spacial score (nSPS) is 15.2. The number of aliphatic hydroxyl groups is 3. The van der Waals surface area contributed by atoms with Crippen LogP contribution in [0.3, 0.4) is 0 Å². The van der Waals surface area contributed by atoms with E-state index in [1.165, 1.54) is 26.4 Å². The molecule has 0 aliphatic carbocycles. The van der Waals surface area contributed by atoms with Gasteiger partial charge in [-0.25, -0.2) is 9.78 Å². The molecule has 36 heteroatoms. The van der Waals surface area contributed by atoms with Crippen molar-refractivity contribution in [3.8, 4) is 0 Å². The molecule has 109 heavy (non-hydrogen) atoms. The molecule has 3 heterocycles. The average molecular weight is 1520 g/mol. The number of carboxylic acid groups (broad SMARTS) is 2. The lowest BCUT2D eigenvalue weighted by atomic mass is 10.0. The first-order valence-electron chi connectivity index (χ1n) is 35.6. The summed E-state index contributed by atoms with van der Waals surface area (Å²) in [6.45, 7) is 9.67. The highest BCUT2D eigenvalue weighted by Gasteiger charge is 2.39. The highest BCUT2D eigenvalue weighted by atomic mass is 16.4. The van der Waals surface area contributed by atoms with Gasteiger partial charge in [-0.1, -0.05) is 94.4 Å². The van der Waals surface area contributed by atoms with Crippen LogP contribution in [0.1, 0.15) is 109 Å². The zero-order chi connectivity index (χ0) is 80.3. The Labute approximate surface area is 626 Å². The van der Waals surface area contributed by atoms with E-state index < -0.39 is 206 Å². The number of imidazole rings is 1. The lowest BCUT2D eigenvalue weighted by Crippen LogP contribution is -2.70. The first-order valence-corrected chi connectivity index (χ1v) is 35.6. The molecule has 590 valence electrons. The maximum absolute atomic E-state index is 15.4. The number of para-hydroxylation sites is 2. The van der Waals surface area contributed by atoms with Crippen molar-refractivity contribution < 1.29 is 98.4 Å². The summed E-state index contributed by atoms with van der Waals surface area (Å²) in [4.78, 5) is 207. The lowest BCUT2D eigenvalue weighted by molar-refractivity contribution is -0.406. The smallest absolute Gasteiger partial charge is 0.328 e. The number of aromatic amines is 3. The molecule has 0 radical (unpaired) electrons. The molecule has 0 saturated carbocycles. The average Bonchev–Trinajstić information content (AvgIpc) is 1.71. The summed E-state index contributed by atoms with van der Waals surface area (Å²) in [5, 5.41) is 78.9. The van der Waals surface area contributed by atoms with Crippen LogP contribution < -0.4 is 70.0 Å². The van der Waals surface area contributed by atoms with Crippen LogP contribution in [0.5, 0.6) is 0 Å². The molecule has 0 saturated heterocycles. The first kappa shape index (κ1) is 86.3. The summed E-state index contributed by atoms with van der Waals surface area (Å²) < 4.78 is 0. The number of rotatable bonds is 44. The Kier molecular flexibility index (Phi) is 32.8. The monoisotopic (exact) mass is 1520 g/mol. The molecular formula is C73H100N17O19+. The van der Waals surface area contributed by atoms with E-state index >= 15 is 9.59 Å². The van der Waals surface area contributed by atoms with E-state index in [1.807, 2.05) is 19.2 Å². The molecule has 3 aromatic heterocycles. The van der Waals surface area contributed by atoms with Gasteiger partial charge in [-0.2, -0.15) is 0 Å². The molecule has 0 fully saturated rings. The largest absolute Gasteiger partial charge is 0.481 e. The van der Waals surface area contributed by atoms with Gasteiger partial charge in [0.25, 0.3) is 5.91 Å². The van der Waals surface area contributed by atoms with Gasteiger partial charge in [0.05, 0.1) is 30.8 Å². The van der Waals surface area contributed by atoms with Crippen LogP contribution in [0.15, 0.2) is 104 Å². The van der Waals surface area contributed by atoms with Crippen molar-refractivity contribution in [2.24, 2.45) is 17.6 Å². The van der Waals surface area contributed by atoms with Crippen molar-refractivity contribution in [3.63, 3.8) is 0 Å². The van der Waals surface area contributed by atoms with Gasteiger partial charge in [-0.05, 0) is 80.7 Å². The van der Waals surface area contributed by atoms with Crippen LogP contribution in [0, 0.1) is 11.8 Å². The van der Waals surface area contributed by atoms with Crippen molar-refractivity contribution in [2.75, 3.05) is 6.61 Å². The minimum Gasteiger partial charge on any atom is -0.481 e. The molecule has 3 aromatic carbocycles. The summed E-state index contributed by atoms with van der Waals surface area (Å²) in [5.41, 5.74) is 12.3.